The number of benzene rings is 1. The summed E-state index contributed by atoms with van der Waals surface area (Å²) < 4.78 is -1.94. The lowest BCUT2D eigenvalue weighted by atomic mass is 10.1. The summed E-state index contributed by atoms with van der Waals surface area (Å²) in [5.41, 5.74) is 6.08. The van der Waals surface area contributed by atoms with E-state index in [1.807, 2.05) is 0 Å². The minimum Gasteiger partial charge on any atom is -0.508 e. The number of hydrogen-bond acceptors (Lipinski definition) is 3. The number of hydrogen-bond donors (Lipinski definition) is 3. The van der Waals surface area contributed by atoms with Crippen molar-refractivity contribution in [1.82, 2.24) is 0 Å². The van der Waals surface area contributed by atoms with E-state index >= 15 is 0 Å². The minimum absolute atomic E-state index is 0.0665. The average molecular weight is 326 g/mol. The number of nitrogens with two attached hydrogens (primary N) is 1. The monoisotopic (exact) mass is 324 g/mol. The zero-order chi connectivity index (χ0) is 14.6. The summed E-state index contributed by atoms with van der Waals surface area (Å²) in [6.07, 6.45) is 0.0665. The van der Waals surface area contributed by atoms with Crippen molar-refractivity contribution in [2.24, 2.45) is 10.7 Å². The molecule has 0 aliphatic carbocycles. The van der Waals surface area contributed by atoms with Gasteiger partial charge in [0.15, 0.2) is 6.04 Å². The third kappa shape index (κ3) is 5.14. The van der Waals surface area contributed by atoms with Crippen LogP contribution < -0.4 is 5.73 Å². The van der Waals surface area contributed by atoms with E-state index in [0.717, 1.165) is 0 Å². The molecule has 8 heteroatoms. The summed E-state index contributed by atoms with van der Waals surface area (Å²) in [5.74, 6) is -1.49. The topological polar surface area (TPSA) is 95.9 Å². The summed E-state index contributed by atoms with van der Waals surface area (Å²) in [4.78, 5) is 14.8. The van der Waals surface area contributed by atoms with Crippen LogP contribution in [-0.2, 0) is 11.2 Å². The zero-order valence-corrected chi connectivity index (χ0v) is 11.8. The number of aliphatic imine (C=N–C) groups is 1. The van der Waals surface area contributed by atoms with Crippen molar-refractivity contribution >= 4 is 46.6 Å². The Labute approximate surface area is 124 Å². The molecule has 0 aliphatic heterocycles. The fraction of sp³-hybridized carbons (Fsp3) is 0.273. The number of amidine groups is 1. The Morgan fingerprint density at radius 3 is 2.26 bits per heavy atom. The molecule has 0 spiro atoms. The molecular formula is C11H11Cl3N2O3. The van der Waals surface area contributed by atoms with Crippen LogP contribution in [-0.4, -0.2) is 31.9 Å². The Hall–Kier alpha value is -1.17. The van der Waals surface area contributed by atoms with Crippen LogP contribution in [0.2, 0.25) is 0 Å². The lowest BCUT2D eigenvalue weighted by molar-refractivity contribution is -0.138. The summed E-state index contributed by atoms with van der Waals surface area (Å²) in [5, 5.41) is 18.2. The standard InChI is InChI=1S/C11H11Cl3N2O3/c12-11(13,14)10(15)16-8(9(18)19)5-6-1-3-7(17)4-2-6/h1-4,8,17H,5H2,(H2,15,16)(H,18,19)/t8-/m0/s1. The van der Waals surface area contributed by atoms with Crippen molar-refractivity contribution < 1.29 is 15.0 Å². The smallest absolute Gasteiger partial charge is 0.328 e. The molecule has 5 nitrogen and oxygen atoms in total. The second kappa shape index (κ2) is 6.32. The molecule has 0 aliphatic rings. The van der Waals surface area contributed by atoms with Gasteiger partial charge in [-0.25, -0.2) is 4.79 Å². The van der Waals surface area contributed by atoms with Gasteiger partial charge in [0.25, 0.3) is 0 Å². The molecule has 0 aromatic heterocycles. The number of rotatable bonds is 4. The lowest BCUT2D eigenvalue weighted by Gasteiger charge is -2.13. The van der Waals surface area contributed by atoms with E-state index in [1.54, 1.807) is 12.1 Å². The van der Waals surface area contributed by atoms with E-state index in [-0.39, 0.29) is 18.0 Å². The van der Waals surface area contributed by atoms with Crippen LogP contribution >= 0.6 is 34.8 Å². The summed E-state index contributed by atoms with van der Waals surface area (Å²) >= 11 is 16.5. The number of aromatic hydroxyl groups is 1. The summed E-state index contributed by atoms with van der Waals surface area (Å²) in [7, 11) is 0. The van der Waals surface area contributed by atoms with Gasteiger partial charge in [0, 0.05) is 6.42 Å². The molecule has 1 rings (SSSR count). The molecule has 0 radical (unpaired) electrons. The van der Waals surface area contributed by atoms with E-state index < -0.39 is 15.8 Å². The second-order valence-corrected chi connectivity index (χ2v) is 6.02. The number of phenols is 1. The fourth-order valence-electron chi connectivity index (χ4n) is 1.28. The van der Waals surface area contributed by atoms with Gasteiger partial charge >= 0.3 is 5.97 Å². The highest BCUT2D eigenvalue weighted by atomic mass is 35.6. The molecule has 0 heterocycles. The third-order valence-corrected chi connectivity index (χ3v) is 2.82. The average Bonchev–Trinajstić information content (AvgIpc) is 2.29. The Bertz CT molecular complexity index is 483. The molecule has 0 amide bonds. The van der Waals surface area contributed by atoms with Crippen LogP contribution in [0.15, 0.2) is 29.3 Å². The molecule has 0 bridgehead atoms. The summed E-state index contributed by atoms with van der Waals surface area (Å²) in [6, 6.07) is 4.87. The Morgan fingerprint density at radius 2 is 1.84 bits per heavy atom. The van der Waals surface area contributed by atoms with Gasteiger partial charge in [-0.2, -0.15) is 0 Å². The van der Waals surface area contributed by atoms with Crippen LogP contribution in [0.25, 0.3) is 0 Å². The Kier molecular flexibility index (Phi) is 5.29. The normalized spacial score (nSPS) is 14.2. The fourth-order valence-corrected chi connectivity index (χ4v) is 1.43. The van der Waals surface area contributed by atoms with Gasteiger partial charge in [-0.15, -0.1) is 0 Å². The minimum atomic E-state index is -1.94. The van der Waals surface area contributed by atoms with Crippen LogP contribution in [0.4, 0.5) is 0 Å². The number of carbonyl (C=O) groups is 1. The maximum Gasteiger partial charge on any atom is 0.328 e. The second-order valence-electron chi connectivity index (χ2n) is 3.74. The van der Waals surface area contributed by atoms with Gasteiger partial charge < -0.3 is 15.9 Å². The third-order valence-electron chi connectivity index (χ3n) is 2.24. The van der Waals surface area contributed by atoms with Gasteiger partial charge in [-0.1, -0.05) is 46.9 Å². The number of aliphatic carboxylic acids is 1. The lowest BCUT2D eigenvalue weighted by Crippen LogP contribution is -2.33. The van der Waals surface area contributed by atoms with E-state index in [9.17, 15) is 4.79 Å². The molecule has 0 fully saturated rings. The van der Waals surface area contributed by atoms with Crippen molar-refractivity contribution in [3.05, 3.63) is 29.8 Å². The van der Waals surface area contributed by atoms with Crippen molar-refractivity contribution in [3.8, 4) is 5.75 Å². The summed E-state index contributed by atoms with van der Waals surface area (Å²) in [6.45, 7) is 0. The Morgan fingerprint density at radius 1 is 1.32 bits per heavy atom. The molecule has 1 aromatic rings. The number of phenolic OH excluding ortho intramolecular Hbond substituents is 1. The first-order valence-corrected chi connectivity index (χ1v) is 6.24. The predicted molar refractivity (Wildman–Crippen MR) is 75.1 cm³/mol. The van der Waals surface area contributed by atoms with Crippen LogP contribution in [0.5, 0.6) is 5.75 Å². The molecule has 1 aromatic carbocycles. The number of carboxylic acid groups (broad SMARTS) is 1. The number of nitrogens with zero attached hydrogens (tertiary/aromatic N) is 1. The van der Waals surface area contributed by atoms with E-state index in [4.69, 9.17) is 50.7 Å². The van der Waals surface area contributed by atoms with Gasteiger partial charge in [-0.05, 0) is 17.7 Å². The largest absolute Gasteiger partial charge is 0.508 e. The van der Waals surface area contributed by atoms with Crippen molar-refractivity contribution in [1.29, 1.82) is 0 Å². The Balaban J connectivity index is 2.91. The van der Waals surface area contributed by atoms with Crippen molar-refractivity contribution in [2.75, 3.05) is 0 Å². The predicted octanol–water partition coefficient (Wildman–Crippen LogP) is 2.12. The first-order valence-electron chi connectivity index (χ1n) is 5.11. The maximum atomic E-state index is 11.1. The molecule has 0 saturated heterocycles. The number of halogens is 3. The van der Waals surface area contributed by atoms with E-state index in [0.29, 0.717) is 5.56 Å². The van der Waals surface area contributed by atoms with Crippen LogP contribution in [0.1, 0.15) is 5.56 Å². The molecule has 0 unspecified atom stereocenters. The highest BCUT2D eigenvalue weighted by Crippen LogP contribution is 2.26. The maximum absolute atomic E-state index is 11.1. The quantitative estimate of drug-likeness (QED) is 0.449. The number of carboxylic acids is 1. The molecule has 104 valence electrons. The molecular weight excluding hydrogens is 314 g/mol. The van der Waals surface area contributed by atoms with E-state index in [2.05, 4.69) is 4.99 Å². The van der Waals surface area contributed by atoms with Crippen LogP contribution in [0.3, 0.4) is 0 Å². The molecule has 0 saturated carbocycles. The van der Waals surface area contributed by atoms with Gasteiger partial charge in [0.1, 0.15) is 11.6 Å². The molecule has 4 N–H and O–H groups in total. The first kappa shape index (κ1) is 15.9. The molecule has 19 heavy (non-hydrogen) atoms. The first-order chi connectivity index (χ1) is 8.70. The molecule has 1 atom stereocenters. The number of alkyl halides is 3. The highest BCUT2D eigenvalue weighted by Gasteiger charge is 2.28. The van der Waals surface area contributed by atoms with Crippen molar-refractivity contribution in [3.63, 3.8) is 0 Å². The van der Waals surface area contributed by atoms with Crippen molar-refractivity contribution in [2.45, 2.75) is 16.3 Å². The SMILES string of the molecule is NC(=N[C@@H](Cc1ccc(O)cc1)C(=O)O)C(Cl)(Cl)Cl. The van der Waals surface area contributed by atoms with Gasteiger partial charge in [0.05, 0.1) is 0 Å². The van der Waals surface area contributed by atoms with Gasteiger partial charge in [0.2, 0.25) is 3.79 Å². The van der Waals surface area contributed by atoms with E-state index in [1.165, 1.54) is 12.1 Å². The van der Waals surface area contributed by atoms with Crippen LogP contribution in [0, 0.1) is 0 Å². The highest BCUT2D eigenvalue weighted by molar-refractivity contribution is 6.76. The zero-order valence-electron chi connectivity index (χ0n) is 9.55. The van der Waals surface area contributed by atoms with Gasteiger partial charge in [-0.3, -0.25) is 4.99 Å².